The van der Waals surface area contributed by atoms with Crippen LogP contribution in [0.3, 0.4) is 0 Å². The minimum absolute atomic E-state index is 0.0250. The summed E-state index contributed by atoms with van der Waals surface area (Å²) in [6.45, 7) is 2.76. The van der Waals surface area contributed by atoms with E-state index in [1.807, 2.05) is 24.3 Å². The van der Waals surface area contributed by atoms with Gasteiger partial charge in [0.2, 0.25) is 0 Å². The predicted octanol–water partition coefficient (Wildman–Crippen LogP) is 4.83. The third-order valence-electron chi connectivity index (χ3n) is 9.07. The van der Waals surface area contributed by atoms with Crippen LogP contribution in [-0.2, 0) is 0 Å². The van der Waals surface area contributed by atoms with Crippen molar-refractivity contribution in [2.75, 3.05) is 51.8 Å². The minimum atomic E-state index is -0.581. The Balaban J connectivity index is 1.37. The number of nitrogens with zero attached hydrogens (tertiary/aromatic N) is 4. The number of ether oxygens (including phenoxy) is 1. The molecule has 0 amide bonds. The average Bonchev–Trinajstić information content (AvgIpc) is 3.66. The van der Waals surface area contributed by atoms with Gasteiger partial charge >= 0.3 is 6.01 Å². The Hall–Kier alpha value is -3.24. The molecule has 8 nitrogen and oxygen atoms in total. The van der Waals surface area contributed by atoms with E-state index in [1.165, 1.54) is 0 Å². The number of anilines is 1. The average molecular weight is 592 g/mol. The van der Waals surface area contributed by atoms with Crippen molar-refractivity contribution in [2.45, 2.75) is 31.3 Å². The zero-order valence-corrected chi connectivity index (χ0v) is 24.5. The third-order valence-corrected chi connectivity index (χ3v) is 9.37. The van der Waals surface area contributed by atoms with E-state index in [2.05, 4.69) is 34.2 Å². The molecule has 3 aromatic carbocycles. The Morgan fingerprint density at radius 1 is 1.14 bits per heavy atom. The zero-order valence-electron chi connectivity index (χ0n) is 23.8. The first-order valence-electron chi connectivity index (χ1n) is 14.5. The minimum Gasteiger partial charge on any atom is -0.508 e. The van der Waals surface area contributed by atoms with Gasteiger partial charge in [0.25, 0.3) is 0 Å². The number of phenolic OH excluding ortho intramolecular Hbond substituents is 1. The van der Waals surface area contributed by atoms with Crippen molar-refractivity contribution in [1.29, 1.82) is 0 Å². The Labute approximate surface area is 249 Å². The van der Waals surface area contributed by atoms with E-state index >= 15 is 4.39 Å². The molecule has 3 N–H and O–H groups in total. The number of nitrogens with one attached hydrogen (secondary N) is 1. The van der Waals surface area contributed by atoms with Crippen LogP contribution in [0.1, 0.15) is 19.3 Å². The second-order valence-electron chi connectivity index (χ2n) is 12.6. The molecule has 4 aromatic rings. The summed E-state index contributed by atoms with van der Waals surface area (Å²) < 4.78 is 23.0. The normalized spacial score (nSPS) is 22.8. The van der Waals surface area contributed by atoms with Gasteiger partial charge in [-0.2, -0.15) is 9.97 Å². The standard InChI is InChI=1S/C32H35ClFN5O3/c1-38(2)16-32(7-8-32)17-42-31-36-29-24(30(37-31)39-13-20-9-19(15-40)26(14-39)35-20)12-25(33)27(28(29)34)23-11-21(41)10-18-5-3-4-6-22(18)23/h3-6,10-12,19-20,26,35,40-41H,7-9,13-17H2,1-2H3. The summed E-state index contributed by atoms with van der Waals surface area (Å²) in [7, 11) is 4.10. The molecule has 1 aliphatic carbocycles. The van der Waals surface area contributed by atoms with E-state index in [-0.39, 0.29) is 57.9 Å². The number of aliphatic hydroxyl groups excluding tert-OH is 1. The van der Waals surface area contributed by atoms with Crippen molar-refractivity contribution < 1.29 is 19.3 Å². The van der Waals surface area contributed by atoms with Gasteiger partial charge in [0.05, 0.1) is 11.6 Å². The number of fused-ring (bicyclic) bond motifs is 4. The summed E-state index contributed by atoms with van der Waals surface area (Å²) in [5, 5.41) is 26.3. The van der Waals surface area contributed by atoms with E-state index in [0.717, 1.165) is 36.6 Å². The molecular formula is C32H35ClFN5O3. The van der Waals surface area contributed by atoms with Crippen molar-refractivity contribution in [3.05, 3.63) is 53.3 Å². The molecule has 2 saturated heterocycles. The topological polar surface area (TPSA) is 94.0 Å². The number of rotatable bonds is 8. The molecular weight excluding hydrogens is 557 g/mol. The first-order valence-corrected chi connectivity index (χ1v) is 14.9. The Morgan fingerprint density at radius 2 is 1.95 bits per heavy atom. The highest BCUT2D eigenvalue weighted by atomic mass is 35.5. The van der Waals surface area contributed by atoms with Gasteiger partial charge in [0.1, 0.15) is 17.1 Å². The Bertz CT molecular complexity index is 1680. The molecule has 0 radical (unpaired) electrons. The van der Waals surface area contributed by atoms with Gasteiger partial charge in [0.15, 0.2) is 5.82 Å². The van der Waals surface area contributed by atoms with Gasteiger partial charge in [-0.3, -0.25) is 0 Å². The highest BCUT2D eigenvalue weighted by Gasteiger charge is 2.44. The van der Waals surface area contributed by atoms with Crippen LogP contribution in [0.2, 0.25) is 5.02 Å². The maximum absolute atomic E-state index is 16.8. The van der Waals surface area contributed by atoms with Crippen LogP contribution in [0.15, 0.2) is 42.5 Å². The number of halogens is 2. The number of aromatic nitrogens is 2. The predicted molar refractivity (Wildman–Crippen MR) is 163 cm³/mol. The molecule has 3 heterocycles. The number of hydrogen-bond acceptors (Lipinski definition) is 8. The van der Waals surface area contributed by atoms with Crippen LogP contribution < -0.4 is 15.0 Å². The van der Waals surface area contributed by atoms with Crippen molar-refractivity contribution >= 4 is 39.1 Å². The molecule has 3 atom stereocenters. The first-order chi connectivity index (χ1) is 20.2. The lowest BCUT2D eigenvalue weighted by atomic mass is 9.96. The second-order valence-corrected chi connectivity index (χ2v) is 13.0. The molecule has 1 aromatic heterocycles. The summed E-state index contributed by atoms with van der Waals surface area (Å²) in [5.74, 6) is 0.186. The van der Waals surface area contributed by atoms with E-state index in [0.29, 0.717) is 36.5 Å². The molecule has 7 rings (SSSR count). The van der Waals surface area contributed by atoms with E-state index in [4.69, 9.17) is 21.3 Å². The molecule has 3 aliphatic rings. The van der Waals surface area contributed by atoms with Crippen LogP contribution in [0.5, 0.6) is 11.8 Å². The lowest BCUT2D eigenvalue weighted by Crippen LogP contribution is -2.52. The Morgan fingerprint density at radius 3 is 2.71 bits per heavy atom. The fourth-order valence-corrected chi connectivity index (χ4v) is 7.24. The van der Waals surface area contributed by atoms with E-state index in [9.17, 15) is 10.2 Å². The summed E-state index contributed by atoms with van der Waals surface area (Å²) in [6, 6.07) is 12.9. The van der Waals surface area contributed by atoms with Crippen molar-refractivity contribution in [3.63, 3.8) is 0 Å². The monoisotopic (exact) mass is 591 g/mol. The molecule has 10 heteroatoms. The molecule has 2 aliphatic heterocycles. The van der Waals surface area contributed by atoms with Gasteiger partial charge in [-0.25, -0.2) is 4.39 Å². The Kier molecular flexibility index (Phi) is 6.89. The van der Waals surface area contributed by atoms with E-state index < -0.39 is 5.82 Å². The number of aromatic hydroxyl groups is 1. The van der Waals surface area contributed by atoms with Gasteiger partial charge in [-0.05, 0) is 67.9 Å². The number of aliphatic hydroxyl groups is 1. The van der Waals surface area contributed by atoms with Crippen molar-refractivity contribution in [3.8, 4) is 22.9 Å². The number of piperazine rings is 1. The number of benzene rings is 3. The highest BCUT2D eigenvalue weighted by molar-refractivity contribution is 6.35. The van der Waals surface area contributed by atoms with Crippen molar-refractivity contribution in [1.82, 2.24) is 20.2 Å². The summed E-state index contributed by atoms with van der Waals surface area (Å²) in [5.41, 5.74) is 0.851. The molecule has 3 fully saturated rings. The maximum Gasteiger partial charge on any atom is 0.319 e. The summed E-state index contributed by atoms with van der Waals surface area (Å²) >= 11 is 6.86. The molecule has 0 spiro atoms. The van der Waals surface area contributed by atoms with Crippen LogP contribution in [0.4, 0.5) is 10.2 Å². The molecule has 2 bridgehead atoms. The van der Waals surface area contributed by atoms with Gasteiger partial charge in [-0.15, -0.1) is 0 Å². The highest BCUT2D eigenvalue weighted by Crippen LogP contribution is 2.47. The third kappa shape index (κ3) is 4.92. The largest absolute Gasteiger partial charge is 0.508 e. The summed E-state index contributed by atoms with van der Waals surface area (Å²) in [4.78, 5) is 13.8. The smallest absolute Gasteiger partial charge is 0.319 e. The van der Waals surface area contributed by atoms with Gasteiger partial charge < -0.3 is 30.1 Å². The quantitative estimate of drug-likeness (QED) is 0.268. The molecule has 220 valence electrons. The molecule has 3 unspecified atom stereocenters. The second kappa shape index (κ2) is 10.5. The fraction of sp³-hybridized carbons (Fsp3) is 0.438. The number of hydrogen-bond donors (Lipinski definition) is 3. The lowest BCUT2D eigenvalue weighted by Gasteiger charge is -2.35. The first kappa shape index (κ1) is 27.6. The lowest BCUT2D eigenvalue weighted by molar-refractivity contribution is 0.183. The number of phenols is 1. The van der Waals surface area contributed by atoms with Crippen LogP contribution in [-0.4, -0.2) is 84.1 Å². The van der Waals surface area contributed by atoms with Crippen LogP contribution in [0, 0.1) is 17.2 Å². The maximum atomic E-state index is 16.8. The van der Waals surface area contributed by atoms with Crippen LogP contribution in [0.25, 0.3) is 32.8 Å². The fourth-order valence-electron chi connectivity index (χ4n) is 6.95. The van der Waals surface area contributed by atoms with Gasteiger partial charge in [0, 0.05) is 60.6 Å². The molecule has 42 heavy (non-hydrogen) atoms. The van der Waals surface area contributed by atoms with Crippen molar-refractivity contribution in [2.24, 2.45) is 11.3 Å². The zero-order chi connectivity index (χ0) is 29.2. The van der Waals surface area contributed by atoms with E-state index in [1.54, 1.807) is 18.2 Å². The van der Waals surface area contributed by atoms with Gasteiger partial charge in [-0.1, -0.05) is 35.9 Å². The summed E-state index contributed by atoms with van der Waals surface area (Å²) in [6.07, 6.45) is 3.00. The SMILES string of the molecule is CN(C)CC1(COc2nc(N3CC4CC(CO)C(C3)N4)c3cc(Cl)c(-c4cc(O)cc5ccccc45)c(F)c3n2)CC1. The molecule has 1 saturated carbocycles. The van der Waals surface area contributed by atoms with Crippen LogP contribution >= 0.6 is 11.6 Å².